The molecule has 2 unspecified atom stereocenters. The van der Waals surface area contributed by atoms with Crippen molar-refractivity contribution in [1.82, 2.24) is 35.3 Å². The first-order valence-corrected chi connectivity index (χ1v) is 11.1. The summed E-state index contributed by atoms with van der Waals surface area (Å²) < 4.78 is 11.9. The van der Waals surface area contributed by atoms with Crippen LogP contribution >= 0.6 is 0 Å². The van der Waals surface area contributed by atoms with E-state index >= 15 is 0 Å². The van der Waals surface area contributed by atoms with Gasteiger partial charge >= 0.3 is 0 Å². The molecule has 170 valence electrons. The molecule has 2 aromatic heterocycles. The van der Waals surface area contributed by atoms with Gasteiger partial charge in [0.15, 0.2) is 0 Å². The molecule has 1 aliphatic rings. The molecule has 0 saturated carbocycles. The Balaban J connectivity index is 1.27. The summed E-state index contributed by atoms with van der Waals surface area (Å²) in [7, 11) is 0. The topological polar surface area (TPSA) is 95.0 Å². The summed E-state index contributed by atoms with van der Waals surface area (Å²) in [4.78, 5) is 3.86. The second-order valence-electron chi connectivity index (χ2n) is 8.47. The first-order chi connectivity index (χ1) is 16.1. The molecule has 0 spiro atoms. The highest BCUT2D eigenvalue weighted by atomic mass is 16.5. The minimum Gasteiger partial charge on any atom is -0.418 e. The smallest absolute Gasteiger partial charge is 0.247 e. The van der Waals surface area contributed by atoms with Gasteiger partial charge in [-0.2, -0.15) is 4.80 Å². The molecule has 0 aliphatic carbocycles. The van der Waals surface area contributed by atoms with E-state index in [1.165, 1.54) is 21.5 Å². The van der Waals surface area contributed by atoms with Crippen LogP contribution < -0.4 is 0 Å². The van der Waals surface area contributed by atoms with Crippen LogP contribution in [0.5, 0.6) is 0 Å². The molecule has 0 radical (unpaired) electrons. The van der Waals surface area contributed by atoms with Gasteiger partial charge in [0.25, 0.3) is 0 Å². The van der Waals surface area contributed by atoms with Gasteiger partial charge in [-0.15, -0.1) is 20.4 Å². The minimum absolute atomic E-state index is 0.225. The quantitative estimate of drug-likeness (QED) is 0.445. The molecule has 0 bridgehead atoms. The van der Waals surface area contributed by atoms with E-state index < -0.39 is 0 Å². The van der Waals surface area contributed by atoms with Crippen LogP contribution in [0.2, 0.25) is 0 Å². The molecular weight excluding hydrogens is 418 g/mol. The molecule has 9 nitrogen and oxygen atoms in total. The van der Waals surface area contributed by atoms with Gasteiger partial charge in [0.1, 0.15) is 12.1 Å². The number of tetrazole rings is 1. The number of rotatable bonds is 6. The molecule has 1 fully saturated rings. The molecule has 4 aromatic rings. The number of ether oxygens (including phenoxy) is 1. The monoisotopic (exact) mass is 445 g/mol. The van der Waals surface area contributed by atoms with Crippen molar-refractivity contribution >= 4 is 0 Å². The maximum Gasteiger partial charge on any atom is 0.247 e. The lowest BCUT2D eigenvalue weighted by Crippen LogP contribution is -2.38. The summed E-state index contributed by atoms with van der Waals surface area (Å²) in [5.74, 6) is 1.48. The van der Waals surface area contributed by atoms with Gasteiger partial charge < -0.3 is 9.15 Å². The van der Waals surface area contributed by atoms with Crippen LogP contribution in [0.3, 0.4) is 0 Å². The Morgan fingerprint density at radius 1 is 1.03 bits per heavy atom. The molecule has 1 aliphatic heterocycles. The van der Waals surface area contributed by atoms with Crippen molar-refractivity contribution in [1.29, 1.82) is 0 Å². The van der Waals surface area contributed by atoms with Crippen LogP contribution in [0.25, 0.3) is 11.5 Å². The summed E-state index contributed by atoms with van der Waals surface area (Å²) in [6.07, 6.45) is -0.225. The average Bonchev–Trinajstić information content (AvgIpc) is 3.52. The molecule has 0 amide bonds. The number of aromatic nitrogens is 6. The average molecular weight is 446 g/mol. The molecule has 33 heavy (non-hydrogen) atoms. The van der Waals surface area contributed by atoms with Gasteiger partial charge in [0, 0.05) is 25.2 Å². The zero-order valence-corrected chi connectivity index (χ0v) is 19.0. The van der Waals surface area contributed by atoms with Crippen molar-refractivity contribution in [2.75, 3.05) is 19.7 Å². The molecule has 9 heteroatoms. The molecule has 2 aromatic carbocycles. The molecule has 5 rings (SSSR count). The Bertz CT molecular complexity index is 1220. The minimum atomic E-state index is -0.344. The van der Waals surface area contributed by atoms with E-state index in [1.807, 2.05) is 25.1 Å². The summed E-state index contributed by atoms with van der Waals surface area (Å²) >= 11 is 0. The normalized spacial score (nSPS) is 17.8. The molecule has 0 N–H and O–H groups in total. The van der Waals surface area contributed by atoms with Crippen molar-refractivity contribution in [3.8, 4) is 11.5 Å². The van der Waals surface area contributed by atoms with E-state index in [2.05, 4.69) is 74.7 Å². The Hall–Kier alpha value is -3.43. The lowest BCUT2D eigenvalue weighted by atomic mass is 10.1. The standard InChI is InChI=1S/C24H27N7O2/c1-16-9-10-20(13-17(16)2)24-27-26-23(33-24)18(3)31-28-22(25-29-31)21-15-30(11-12-32-21)14-19-7-5-4-6-8-19/h4-10,13,18,21H,11-12,14-15H2,1-3H3. The zero-order chi connectivity index (χ0) is 22.8. The molecule has 2 atom stereocenters. The lowest BCUT2D eigenvalue weighted by molar-refractivity contribution is -0.0373. The number of morpholine rings is 1. The summed E-state index contributed by atoms with van der Waals surface area (Å²) in [5.41, 5.74) is 4.57. The van der Waals surface area contributed by atoms with Gasteiger partial charge in [-0.3, -0.25) is 4.90 Å². The lowest BCUT2D eigenvalue weighted by Gasteiger charge is -2.31. The van der Waals surface area contributed by atoms with Crippen LogP contribution in [-0.2, 0) is 11.3 Å². The highest BCUT2D eigenvalue weighted by molar-refractivity contribution is 5.55. The Morgan fingerprint density at radius 2 is 1.88 bits per heavy atom. The predicted molar refractivity (Wildman–Crippen MR) is 121 cm³/mol. The maximum atomic E-state index is 5.94. The number of hydrogen-bond donors (Lipinski definition) is 0. The summed E-state index contributed by atoms with van der Waals surface area (Å²) in [6, 6.07) is 16.2. The van der Waals surface area contributed by atoms with Crippen LogP contribution in [0.4, 0.5) is 0 Å². The summed E-state index contributed by atoms with van der Waals surface area (Å²) in [6.45, 7) is 9.14. The predicted octanol–water partition coefficient (Wildman–Crippen LogP) is 3.52. The van der Waals surface area contributed by atoms with E-state index in [1.54, 1.807) is 0 Å². The van der Waals surface area contributed by atoms with E-state index in [-0.39, 0.29) is 12.1 Å². The van der Waals surface area contributed by atoms with Crippen LogP contribution in [0.1, 0.15) is 47.5 Å². The van der Waals surface area contributed by atoms with Crippen molar-refractivity contribution in [3.05, 3.63) is 76.9 Å². The van der Waals surface area contributed by atoms with Crippen LogP contribution in [0, 0.1) is 13.8 Å². The largest absolute Gasteiger partial charge is 0.418 e. The highest BCUT2D eigenvalue weighted by Gasteiger charge is 2.27. The van der Waals surface area contributed by atoms with E-state index in [4.69, 9.17) is 9.15 Å². The first kappa shape index (κ1) is 21.4. The molecule has 3 heterocycles. The zero-order valence-electron chi connectivity index (χ0n) is 19.0. The van der Waals surface area contributed by atoms with Gasteiger partial charge in [0.05, 0.1) is 6.61 Å². The second kappa shape index (κ2) is 9.21. The van der Waals surface area contributed by atoms with E-state index in [0.29, 0.717) is 30.8 Å². The second-order valence-corrected chi connectivity index (χ2v) is 8.47. The van der Waals surface area contributed by atoms with Gasteiger partial charge in [0.2, 0.25) is 17.6 Å². The summed E-state index contributed by atoms with van der Waals surface area (Å²) in [5, 5.41) is 21.5. The fraction of sp³-hybridized carbons (Fsp3) is 0.375. The highest BCUT2D eigenvalue weighted by Crippen LogP contribution is 2.25. The Kier molecular flexibility index (Phi) is 5.97. The number of hydrogen-bond acceptors (Lipinski definition) is 8. The molecular formula is C24H27N7O2. The first-order valence-electron chi connectivity index (χ1n) is 11.1. The van der Waals surface area contributed by atoms with Gasteiger partial charge in [-0.05, 0) is 54.8 Å². The Morgan fingerprint density at radius 3 is 2.70 bits per heavy atom. The van der Waals surface area contributed by atoms with Crippen molar-refractivity contribution in [2.24, 2.45) is 0 Å². The van der Waals surface area contributed by atoms with E-state index in [9.17, 15) is 0 Å². The Labute approximate surface area is 192 Å². The van der Waals surface area contributed by atoms with Gasteiger partial charge in [-0.25, -0.2) is 0 Å². The van der Waals surface area contributed by atoms with Crippen molar-refractivity contribution in [2.45, 2.75) is 39.5 Å². The fourth-order valence-corrected chi connectivity index (χ4v) is 3.87. The SMILES string of the molecule is Cc1ccc(-c2nnc(C(C)n3nnc(C4CN(Cc5ccccc5)CCO4)n3)o2)cc1C. The van der Waals surface area contributed by atoms with Crippen LogP contribution in [0.15, 0.2) is 52.9 Å². The third kappa shape index (κ3) is 4.69. The van der Waals surface area contributed by atoms with Gasteiger partial charge in [-0.1, -0.05) is 36.4 Å². The van der Waals surface area contributed by atoms with Crippen molar-refractivity contribution in [3.63, 3.8) is 0 Å². The third-order valence-electron chi connectivity index (χ3n) is 6.03. The van der Waals surface area contributed by atoms with E-state index in [0.717, 1.165) is 18.7 Å². The number of nitrogens with zero attached hydrogens (tertiary/aromatic N) is 7. The number of aryl methyl sites for hydroxylation is 2. The van der Waals surface area contributed by atoms with Crippen LogP contribution in [-0.4, -0.2) is 55.0 Å². The third-order valence-corrected chi connectivity index (χ3v) is 6.03. The maximum absolute atomic E-state index is 5.94. The fourth-order valence-electron chi connectivity index (χ4n) is 3.87. The number of benzene rings is 2. The molecule has 1 saturated heterocycles. The van der Waals surface area contributed by atoms with Crippen molar-refractivity contribution < 1.29 is 9.15 Å².